The third-order valence-electron chi connectivity index (χ3n) is 3.89. The van der Waals surface area contributed by atoms with Crippen LogP contribution in [-0.2, 0) is 11.2 Å². The van der Waals surface area contributed by atoms with E-state index in [1.165, 1.54) is 5.56 Å². The van der Waals surface area contributed by atoms with Gasteiger partial charge in [0.2, 0.25) is 5.91 Å². The fourth-order valence-electron chi connectivity index (χ4n) is 2.52. The average molecular weight is 289 g/mol. The summed E-state index contributed by atoms with van der Waals surface area (Å²) in [6, 6.07) is 5.21. The second-order valence-corrected chi connectivity index (χ2v) is 5.42. The van der Waals surface area contributed by atoms with Gasteiger partial charge in [0.1, 0.15) is 6.04 Å². The Morgan fingerprint density at radius 3 is 2.90 bits per heavy atom. The standard InChI is InChI=1S/C16H23N3O2/c1-4-19(3)16(21)11(2)18-15(20)13-9-5-7-12-8-6-10-17-14(12)13/h5,7,9,11,17H,4,6,8,10H2,1-3H3,(H,18,20). The van der Waals surface area contributed by atoms with E-state index < -0.39 is 6.04 Å². The van der Waals surface area contributed by atoms with Gasteiger partial charge in [-0.05, 0) is 38.3 Å². The first-order chi connectivity index (χ1) is 10.0. The molecule has 1 heterocycles. The first kappa shape index (κ1) is 15.4. The monoisotopic (exact) mass is 289 g/mol. The van der Waals surface area contributed by atoms with Gasteiger partial charge in [-0.2, -0.15) is 0 Å². The number of amides is 2. The van der Waals surface area contributed by atoms with Gasteiger partial charge in [0.15, 0.2) is 0 Å². The van der Waals surface area contributed by atoms with Crippen LogP contribution in [0.15, 0.2) is 18.2 Å². The molecule has 1 atom stereocenters. The Labute approximate surface area is 125 Å². The lowest BCUT2D eigenvalue weighted by atomic mass is 9.99. The third kappa shape index (κ3) is 3.35. The van der Waals surface area contributed by atoms with Gasteiger partial charge in [0.05, 0.1) is 11.3 Å². The van der Waals surface area contributed by atoms with Crippen LogP contribution in [0.1, 0.15) is 36.2 Å². The first-order valence-electron chi connectivity index (χ1n) is 7.46. The Balaban J connectivity index is 2.12. The van der Waals surface area contributed by atoms with E-state index in [2.05, 4.69) is 10.6 Å². The highest BCUT2D eigenvalue weighted by molar-refractivity contribution is 6.02. The second kappa shape index (κ2) is 6.61. The molecule has 0 spiro atoms. The van der Waals surface area contributed by atoms with Crippen LogP contribution in [0.5, 0.6) is 0 Å². The van der Waals surface area contributed by atoms with Gasteiger partial charge in [-0.1, -0.05) is 12.1 Å². The smallest absolute Gasteiger partial charge is 0.254 e. The topological polar surface area (TPSA) is 61.4 Å². The number of nitrogens with zero attached hydrogens (tertiary/aromatic N) is 1. The van der Waals surface area contributed by atoms with Crippen molar-refractivity contribution in [3.8, 4) is 0 Å². The van der Waals surface area contributed by atoms with Crippen LogP contribution in [-0.4, -0.2) is 42.9 Å². The van der Waals surface area contributed by atoms with Crippen LogP contribution in [0.3, 0.4) is 0 Å². The molecule has 1 aromatic rings. The quantitative estimate of drug-likeness (QED) is 0.886. The first-order valence-corrected chi connectivity index (χ1v) is 7.46. The number of fused-ring (bicyclic) bond motifs is 1. The number of benzene rings is 1. The largest absolute Gasteiger partial charge is 0.384 e. The normalized spacial score (nSPS) is 14.6. The maximum absolute atomic E-state index is 12.4. The van der Waals surface area contributed by atoms with Gasteiger partial charge in [-0.15, -0.1) is 0 Å². The number of carbonyl (C=O) groups is 2. The Morgan fingerprint density at radius 1 is 1.43 bits per heavy atom. The summed E-state index contributed by atoms with van der Waals surface area (Å²) in [6.07, 6.45) is 2.06. The summed E-state index contributed by atoms with van der Waals surface area (Å²) >= 11 is 0. The van der Waals surface area contributed by atoms with Crippen molar-refractivity contribution < 1.29 is 9.59 Å². The van der Waals surface area contributed by atoms with E-state index in [1.807, 2.05) is 19.1 Å². The number of likely N-dealkylation sites (N-methyl/N-ethyl adjacent to an activating group) is 1. The summed E-state index contributed by atoms with van der Waals surface area (Å²) in [6.45, 7) is 5.13. The molecule has 1 aromatic carbocycles. The summed E-state index contributed by atoms with van der Waals surface area (Å²) in [7, 11) is 1.73. The van der Waals surface area contributed by atoms with Gasteiger partial charge in [0.25, 0.3) is 5.91 Å². The van der Waals surface area contributed by atoms with Crippen molar-refractivity contribution in [2.24, 2.45) is 0 Å². The molecule has 2 rings (SSSR count). The zero-order valence-electron chi connectivity index (χ0n) is 12.9. The van der Waals surface area contributed by atoms with Crippen LogP contribution in [0, 0.1) is 0 Å². The molecule has 0 fully saturated rings. The van der Waals surface area contributed by atoms with Gasteiger partial charge in [0, 0.05) is 20.1 Å². The Bertz CT molecular complexity index is 542. The molecule has 5 heteroatoms. The number of para-hydroxylation sites is 1. The van der Waals surface area contributed by atoms with Crippen LogP contribution < -0.4 is 10.6 Å². The molecule has 1 aliphatic heterocycles. The maximum atomic E-state index is 12.4. The average Bonchev–Trinajstić information content (AvgIpc) is 2.52. The van der Waals surface area contributed by atoms with E-state index >= 15 is 0 Å². The van der Waals surface area contributed by atoms with E-state index in [9.17, 15) is 9.59 Å². The van der Waals surface area contributed by atoms with Crippen LogP contribution in [0.2, 0.25) is 0 Å². The van der Waals surface area contributed by atoms with Crippen molar-refractivity contribution in [3.63, 3.8) is 0 Å². The number of hydrogen-bond acceptors (Lipinski definition) is 3. The van der Waals surface area contributed by atoms with Crippen LogP contribution in [0.4, 0.5) is 5.69 Å². The Kier molecular flexibility index (Phi) is 4.83. The highest BCUT2D eigenvalue weighted by Gasteiger charge is 2.22. The molecule has 21 heavy (non-hydrogen) atoms. The van der Waals surface area contributed by atoms with Crippen molar-refractivity contribution in [1.82, 2.24) is 10.2 Å². The molecule has 1 unspecified atom stereocenters. The molecule has 0 saturated heterocycles. The number of carbonyl (C=O) groups excluding carboxylic acids is 2. The summed E-state index contributed by atoms with van der Waals surface area (Å²) in [5.41, 5.74) is 2.69. The maximum Gasteiger partial charge on any atom is 0.254 e. The van der Waals surface area contributed by atoms with Crippen molar-refractivity contribution in [3.05, 3.63) is 29.3 Å². The Hall–Kier alpha value is -2.04. The van der Waals surface area contributed by atoms with Crippen molar-refractivity contribution in [2.75, 3.05) is 25.5 Å². The summed E-state index contributed by atoms with van der Waals surface area (Å²) in [5.74, 6) is -0.282. The lowest BCUT2D eigenvalue weighted by molar-refractivity contribution is -0.131. The van der Waals surface area contributed by atoms with Gasteiger partial charge in [-0.3, -0.25) is 9.59 Å². The van der Waals surface area contributed by atoms with E-state index in [4.69, 9.17) is 0 Å². The van der Waals surface area contributed by atoms with Gasteiger partial charge < -0.3 is 15.5 Å². The Morgan fingerprint density at radius 2 is 2.19 bits per heavy atom. The fourth-order valence-corrected chi connectivity index (χ4v) is 2.52. The molecular formula is C16H23N3O2. The predicted octanol–water partition coefficient (Wildman–Crippen LogP) is 1.64. The van der Waals surface area contributed by atoms with Gasteiger partial charge in [-0.25, -0.2) is 0 Å². The van der Waals surface area contributed by atoms with Crippen LogP contribution in [0.25, 0.3) is 0 Å². The third-order valence-corrected chi connectivity index (χ3v) is 3.89. The molecule has 0 radical (unpaired) electrons. The molecule has 0 aromatic heterocycles. The number of rotatable bonds is 4. The number of nitrogens with one attached hydrogen (secondary N) is 2. The number of anilines is 1. The number of hydrogen-bond donors (Lipinski definition) is 2. The predicted molar refractivity (Wildman–Crippen MR) is 83.5 cm³/mol. The summed E-state index contributed by atoms with van der Waals surface area (Å²) < 4.78 is 0. The zero-order chi connectivity index (χ0) is 15.4. The molecule has 5 nitrogen and oxygen atoms in total. The molecule has 114 valence electrons. The number of aryl methyl sites for hydroxylation is 1. The lowest BCUT2D eigenvalue weighted by Crippen LogP contribution is -2.45. The highest BCUT2D eigenvalue weighted by Crippen LogP contribution is 2.25. The highest BCUT2D eigenvalue weighted by atomic mass is 16.2. The minimum absolute atomic E-state index is 0.0800. The fraction of sp³-hybridized carbons (Fsp3) is 0.500. The molecule has 0 aliphatic carbocycles. The molecule has 2 amide bonds. The van der Waals surface area contributed by atoms with Crippen LogP contribution >= 0.6 is 0 Å². The minimum atomic E-state index is -0.526. The summed E-state index contributed by atoms with van der Waals surface area (Å²) in [5, 5.41) is 6.08. The van der Waals surface area contributed by atoms with Gasteiger partial charge >= 0.3 is 0 Å². The van der Waals surface area contributed by atoms with E-state index in [1.54, 1.807) is 24.9 Å². The molecule has 0 saturated carbocycles. The molecular weight excluding hydrogens is 266 g/mol. The SMILES string of the molecule is CCN(C)C(=O)C(C)NC(=O)c1cccc2c1NCCC2. The van der Waals surface area contributed by atoms with E-state index in [0.717, 1.165) is 25.1 Å². The summed E-state index contributed by atoms with van der Waals surface area (Å²) in [4.78, 5) is 26.0. The zero-order valence-corrected chi connectivity index (χ0v) is 12.9. The molecule has 1 aliphatic rings. The van der Waals surface area contributed by atoms with E-state index in [0.29, 0.717) is 12.1 Å². The second-order valence-electron chi connectivity index (χ2n) is 5.42. The minimum Gasteiger partial charge on any atom is -0.384 e. The van der Waals surface area contributed by atoms with Crippen molar-refractivity contribution >= 4 is 17.5 Å². The van der Waals surface area contributed by atoms with E-state index in [-0.39, 0.29) is 11.8 Å². The molecule has 0 bridgehead atoms. The van der Waals surface area contributed by atoms with Crippen molar-refractivity contribution in [1.29, 1.82) is 0 Å². The molecule has 2 N–H and O–H groups in total. The lowest BCUT2D eigenvalue weighted by Gasteiger charge is -2.23. The van der Waals surface area contributed by atoms with Crippen molar-refractivity contribution in [2.45, 2.75) is 32.7 Å².